The minimum atomic E-state index is 0.719. The zero-order chi connectivity index (χ0) is 23.1. The molecule has 2 aromatic heterocycles. The zero-order valence-electron chi connectivity index (χ0n) is 21.1. The molecule has 1 aliphatic carbocycles. The zero-order valence-corrected chi connectivity index (χ0v) is 21.1. The van der Waals surface area contributed by atoms with E-state index in [9.17, 15) is 0 Å². The highest BCUT2D eigenvalue weighted by molar-refractivity contribution is 5.89. The maximum atomic E-state index is 4.60. The normalized spacial score (nSPS) is 21.9. The fraction of sp³-hybridized carbons (Fsp3) is 0.567. The van der Waals surface area contributed by atoms with E-state index in [1.165, 1.54) is 62.3 Å². The van der Waals surface area contributed by atoms with Crippen LogP contribution in [0.3, 0.4) is 0 Å². The highest BCUT2D eigenvalue weighted by atomic mass is 15.3. The number of aryl methyl sites for hydroxylation is 2. The van der Waals surface area contributed by atoms with Crippen LogP contribution in [-0.4, -0.2) is 47.2 Å². The first-order valence-corrected chi connectivity index (χ1v) is 13.7. The molecule has 1 atom stereocenters. The van der Waals surface area contributed by atoms with Crippen LogP contribution in [-0.2, 0) is 12.8 Å². The molecule has 0 N–H and O–H groups in total. The monoisotopic (exact) mass is 456 g/mol. The lowest BCUT2D eigenvalue weighted by molar-refractivity contribution is 0.234. The number of para-hydroxylation sites is 1. The molecule has 3 aromatic rings. The Kier molecular flexibility index (Phi) is 6.11. The van der Waals surface area contributed by atoms with E-state index < -0.39 is 0 Å². The van der Waals surface area contributed by atoms with Gasteiger partial charge in [-0.25, -0.2) is 4.98 Å². The topological polar surface area (TPSA) is 24.3 Å². The largest absolute Gasteiger partial charge is 0.354 e. The van der Waals surface area contributed by atoms with Gasteiger partial charge < -0.3 is 9.47 Å². The summed E-state index contributed by atoms with van der Waals surface area (Å²) in [6.07, 6.45) is 12.9. The van der Waals surface area contributed by atoms with Gasteiger partial charge in [-0.1, -0.05) is 37.5 Å². The molecule has 0 bridgehead atoms. The van der Waals surface area contributed by atoms with E-state index >= 15 is 0 Å². The Labute approximate surface area is 205 Å². The Balaban J connectivity index is 1.19. The average Bonchev–Trinajstić information content (AvgIpc) is 3.17. The van der Waals surface area contributed by atoms with Crippen molar-refractivity contribution >= 4 is 16.7 Å². The molecule has 0 radical (unpaired) electrons. The Morgan fingerprint density at radius 2 is 1.76 bits per heavy atom. The van der Waals surface area contributed by atoms with Gasteiger partial charge in [0.25, 0.3) is 0 Å². The van der Waals surface area contributed by atoms with E-state index in [-0.39, 0.29) is 0 Å². The predicted octanol–water partition coefficient (Wildman–Crippen LogP) is 6.09. The molecule has 0 spiro atoms. The molecule has 1 saturated carbocycles. The third kappa shape index (κ3) is 4.04. The number of piperazine rings is 1. The second-order valence-electron chi connectivity index (χ2n) is 11.0. The molecule has 0 amide bonds. The van der Waals surface area contributed by atoms with Crippen molar-refractivity contribution in [2.75, 3.05) is 37.6 Å². The first-order chi connectivity index (χ1) is 16.7. The van der Waals surface area contributed by atoms with Crippen LogP contribution in [0, 0.1) is 19.8 Å². The van der Waals surface area contributed by atoms with E-state index in [2.05, 4.69) is 63.5 Å². The van der Waals surface area contributed by atoms with Gasteiger partial charge in [0.1, 0.15) is 5.82 Å². The maximum Gasteiger partial charge on any atom is 0.128 e. The summed E-state index contributed by atoms with van der Waals surface area (Å²) in [5.41, 5.74) is 7.62. The summed E-state index contributed by atoms with van der Waals surface area (Å²) in [6, 6.07) is 12.1. The summed E-state index contributed by atoms with van der Waals surface area (Å²) >= 11 is 0. The second kappa shape index (κ2) is 9.37. The summed E-state index contributed by atoms with van der Waals surface area (Å²) in [6.45, 7) is 10.1. The molecule has 1 aromatic carbocycles. The van der Waals surface area contributed by atoms with Gasteiger partial charge in [-0.05, 0) is 80.7 Å². The van der Waals surface area contributed by atoms with Crippen molar-refractivity contribution < 1.29 is 0 Å². The van der Waals surface area contributed by atoms with Gasteiger partial charge in [0.05, 0.1) is 5.52 Å². The average molecular weight is 457 g/mol. The van der Waals surface area contributed by atoms with Crippen molar-refractivity contribution in [3.63, 3.8) is 0 Å². The van der Waals surface area contributed by atoms with Gasteiger partial charge in [0.2, 0.25) is 0 Å². The highest BCUT2D eigenvalue weighted by Gasteiger charge is 2.32. The van der Waals surface area contributed by atoms with E-state index in [4.69, 9.17) is 0 Å². The van der Waals surface area contributed by atoms with Gasteiger partial charge in [-0.15, -0.1) is 0 Å². The van der Waals surface area contributed by atoms with Crippen molar-refractivity contribution in [3.8, 4) is 0 Å². The number of rotatable bonds is 5. The number of aromatic nitrogens is 2. The van der Waals surface area contributed by atoms with Crippen molar-refractivity contribution in [2.24, 2.45) is 5.92 Å². The van der Waals surface area contributed by atoms with Gasteiger partial charge >= 0.3 is 0 Å². The first kappa shape index (κ1) is 22.2. The van der Waals surface area contributed by atoms with Crippen molar-refractivity contribution in [2.45, 2.75) is 71.3 Å². The smallest absolute Gasteiger partial charge is 0.128 e. The van der Waals surface area contributed by atoms with Crippen LogP contribution in [0.2, 0.25) is 0 Å². The van der Waals surface area contributed by atoms with Crippen LogP contribution >= 0.6 is 0 Å². The number of anilines is 1. The fourth-order valence-electron chi connectivity index (χ4n) is 7.12. The maximum absolute atomic E-state index is 4.60. The molecule has 4 heteroatoms. The first-order valence-electron chi connectivity index (χ1n) is 13.7. The lowest BCUT2D eigenvalue weighted by atomic mass is 9.80. The van der Waals surface area contributed by atoms with Crippen LogP contribution in [0.1, 0.15) is 67.0 Å². The summed E-state index contributed by atoms with van der Waals surface area (Å²) in [5, 5.41) is 1.54. The van der Waals surface area contributed by atoms with E-state index in [0.29, 0.717) is 0 Å². The summed E-state index contributed by atoms with van der Waals surface area (Å²) < 4.78 is 2.81. The van der Waals surface area contributed by atoms with Crippen LogP contribution in [0.5, 0.6) is 0 Å². The Morgan fingerprint density at radius 3 is 2.56 bits per heavy atom. The van der Waals surface area contributed by atoms with Crippen molar-refractivity contribution in [1.82, 2.24) is 14.5 Å². The molecule has 4 heterocycles. The van der Waals surface area contributed by atoms with Gasteiger partial charge in [-0.2, -0.15) is 0 Å². The standard InChI is InChI=1S/C30H40N4/c1-22-13-15-31-29(21-22)33-19-17-32(18-20-33)16-14-26-23(2)34-28(24-7-4-3-5-8-24)12-11-25-9-6-10-27(26)30(25)34/h6,9-10,13,15,21,24,28H,3-5,7-8,11-12,14,16-20H2,1-2H3. The van der Waals surface area contributed by atoms with Crippen molar-refractivity contribution in [1.29, 1.82) is 0 Å². The molecule has 2 fully saturated rings. The van der Waals surface area contributed by atoms with Crippen LogP contribution in [0.15, 0.2) is 36.5 Å². The summed E-state index contributed by atoms with van der Waals surface area (Å²) in [7, 11) is 0. The van der Waals surface area contributed by atoms with E-state index in [0.717, 1.165) is 50.5 Å². The molecular weight excluding hydrogens is 416 g/mol. The minimum Gasteiger partial charge on any atom is -0.354 e. The number of benzene rings is 1. The molecule has 1 unspecified atom stereocenters. The number of nitrogens with zero attached hydrogens (tertiary/aromatic N) is 4. The van der Waals surface area contributed by atoms with E-state index in [1.807, 2.05) is 6.20 Å². The Hall–Kier alpha value is -2.33. The Morgan fingerprint density at radius 1 is 0.941 bits per heavy atom. The molecule has 1 saturated heterocycles. The molecular formula is C30H40N4. The molecule has 4 nitrogen and oxygen atoms in total. The third-order valence-electron chi connectivity index (χ3n) is 8.99. The predicted molar refractivity (Wildman–Crippen MR) is 142 cm³/mol. The molecule has 180 valence electrons. The lowest BCUT2D eigenvalue weighted by Crippen LogP contribution is -2.47. The van der Waals surface area contributed by atoms with Crippen molar-refractivity contribution in [3.05, 3.63) is 58.9 Å². The number of hydrogen-bond donors (Lipinski definition) is 0. The van der Waals surface area contributed by atoms with Crippen LogP contribution in [0.25, 0.3) is 10.9 Å². The molecule has 2 aliphatic heterocycles. The third-order valence-corrected chi connectivity index (χ3v) is 8.99. The van der Waals surface area contributed by atoms with Gasteiger partial charge in [0, 0.05) is 56.0 Å². The summed E-state index contributed by atoms with van der Waals surface area (Å²) in [4.78, 5) is 9.72. The molecule has 6 rings (SSSR count). The molecule has 3 aliphatic rings. The van der Waals surface area contributed by atoms with E-state index in [1.54, 1.807) is 22.3 Å². The highest BCUT2D eigenvalue weighted by Crippen LogP contribution is 2.44. The second-order valence-corrected chi connectivity index (χ2v) is 11.0. The van der Waals surface area contributed by atoms with Crippen LogP contribution in [0.4, 0.5) is 5.82 Å². The quantitative estimate of drug-likeness (QED) is 0.465. The SMILES string of the molecule is Cc1ccnc(N2CCN(CCc3c(C)n4c5c(cccc35)CCC4C3CCCCC3)CC2)c1. The minimum absolute atomic E-state index is 0.719. The fourth-order valence-corrected chi connectivity index (χ4v) is 7.12. The Bertz CT molecular complexity index is 1150. The van der Waals surface area contributed by atoms with Crippen LogP contribution < -0.4 is 4.90 Å². The number of pyridine rings is 1. The molecule has 34 heavy (non-hydrogen) atoms. The number of hydrogen-bond acceptors (Lipinski definition) is 3. The van der Waals surface area contributed by atoms with Gasteiger partial charge in [0.15, 0.2) is 0 Å². The van der Waals surface area contributed by atoms with Gasteiger partial charge in [-0.3, -0.25) is 4.90 Å². The summed E-state index contributed by atoms with van der Waals surface area (Å²) in [5.74, 6) is 2.02. The lowest BCUT2D eigenvalue weighted by Gasteiger charge is -2.36.